The van der Waals surface area contributed by atoms with Gasteiger partial charge in [0.25, 0.3) is 0 Å². The van der Waals surface area contributed by atoms with Crippen molar-refractivity contribution in [2.45, 2.75) is 19.4 Å². The van der Waals surface area contributed by atoms with Crippen molar-refractivity contribution in [3.05, 3.63) is 70.8 Å². The first-order chi connectivity index (χ1) is 9.65. The molecule has 0 bridgehead atoms. The van der Waals surface area contributed by atoms with Crippen LogP contribution in [0.15, 0.2) is 48.5 Å². The van der Waals surface area contributed by atoms with E-state index >= 15 is 0 Å². The fraction of sp³-hybridized carbons (Fsp3) is 0.176. The Kier molecular flexibility index (Phi) is 3.11. The summed E-state index contributed by atoms with van der Waals surface area (Å²) < 4.78 is 5.29. The van der Waals surface area contributed by atoms with Gasteiger partial charge in [-0.25, -0.2) is 4.79 Å². The van der Waals surface area contributed by atoms with E-state index in [4.69, 9.17) is 4.74 Å². The topological polar surface area (TPSA) is 43.4 Å². The van der Waals surface area contributed by atoms with E-state index < -0.39 is 6.10 Å². The number of carbonyl (C=O) groups is 2. The fourth-order valence-corrected chi connectivity index (χ4v) is 2.48. The van der Waals surface area contributed by atoms with E-state index in [9.17, 15) is 9.59 Å². The number of ketones is 1. The zero-order valence-corrected chi connectivity index (χ0v) is 11.1. The number of Topliss-reactive ketones (excluding diaryl/α,β-unsaturated/α-hetero) is 1. The molecule has 20 heavy (non-hydrogen) atoms. The molecule has 0 N–H and O–H groups in total. The Hall–Kier alpha value is -2.42. The Morgan fingerprint density at radius 3 is 2.75 bits per heavy atom. The monoisotopic (exact) mass is 266 g/mol. The van der Waals surface area contributed by atoms with Crippen LogP contribution in [0, 0.1) is 6.92 Å². The van der Waals surface area contributed by atoms with Crippen molar-refractivity contribution >= 4 is 11.8 Å². The van der Waals surface area contributed by atoms with E-state index in [2.05, 4.69) is 0 Å². The number of hydrogen-bond acceptors (Lipinski definition) is 3. The molecule has 1 aliphatic heterocycles. The highest BCUT2D eigenvalue weighted by Crippen LogP contribution is 2.33. The Morgan fingerprint density at radius 1 is 1.15 bits per heavy atom. The first-order valence-electron chi connectivity index (χ1n) is 6.55. The standard InChI is InChI=1S/C17H14O3/c1-11-5-4-6-12(9-11)15(18)10-16-13-7-2-3-8-14(13)17(19)20-16/h2-9,16H,10H2,1H3/t16-/m0/s1. The van der Waals surface area contributed by atoms with Gasteiger partial charge in [-0.1, -0.05) is 42.0 Å². The van der Waals surface area contributed by atoms with Gasteiger partial charge in [0.05, 0.1) is 12.0 Å². The second-order valence-corrected chi connectivity index (χ2v) is 4.98. The van der Waals surface area contributed by atoms with Crippen LogP contribution >= 0.6 is 0 Å². The maximum Gasteiger partial charge on any atom is 0.339 e. The molecule has 1 heterocycles. The van der Waals surface area contributed by atoms with E-state index in [1.807, 2.05) is 37.3 Å². The number of hydrogen-bond donors (Lipinski definition) is 0. The fourth-order valence-electron chi connectivity index (χ4n) is 2.48. The SMILES string of the molecule is Cc1cccc(C(=O)C[C@@H]2OC(=O)c3ccccc32)c1. The Bertz CT molecular complexity index is 688. The number of ether oxygens (including phenoxy) is 1. The van der Waals surface area contributed by atoms with Crippen LogP contribution in [0.5, 0.6) is 0 Å². The van der Waals surface area contributed by atoms with Crippen LogP contribution in [-0.2, 0) is 4.74 Å². The number of rotatable bonds is 3. The lowest BCUT2D eigenvalue weighted by Crippen LogP contribution is -2.07. The molecule has 0 unspecified atom stereocenters. The molecule has 0 amide bonds. The van der Waals surface area contributed by atoms with Crippen molar-refractivity contribution in [3.8, 4) is 0 Å². The summed E-state index contributed by atoms with van der Waals surface area (Å²) in [4.78, 5) is 24.0. The molecule has 0 aliphatic carbocycles. The second-order valence-electron chi connectivity index (χ2n) is 4.98. The van der Waals surface area contributed by atoms with Crippen molar-refractivity contribution in [1.29, 1.82) is 0 Å². The van der Waals surface area contributed by atoms with Gasteiger partial charge in [0.2, 0.25) is 0 Å². The summed E-state index contributed by atoms with van der Waals surface area (Å²) in [6.07, 6.45) is -0.279. The van der Waals surface area contributed by atoms with Crippen molar-refractivity contribution in [2.24, 2.45) is 0 Å². The molecule has 0 spiro atoms. The van der Waals surface area contributed by atoms with Crippen molar-refractivity contribution < 1.29 is 14.3 Å². The summed E-state index contributed by atoms with van der Waals surface area (Å²) in [5, 5.41) is 0. The number of cyclic esters (lactones) is 1. The number of carbonyl (C=O) groups excluding carboxylic acids is 2. The summed E-state index contributed by atoms with van der Waals surface area (Å²) in [5.41, 5.74) is 3.07. The molecule has 2 aromatic rings. The van der Waals surface area contributed by atoms with Gasteiger partial charge in [0.1, 0.15) is 6.10 Å². The first-order valence-corrected chi connectivity index (χ1v) is 6.55. The van der Waals surface area contributed by atoms with Crippen LogP contribution in [0.1, 0.15) is 44.4 Å². The lowest BCUT2D eigenvalue weighted by molar-refractivity contribution is 0.0367. The van der Waals surface area contributed by atoms with Gasteiger partial charge in [-0.3, -0.25) is 4.79 Å². The van der Waals surface area contributed by atoms with Gasteiger partial charge in [-0.05, 0) is 19.1 Å². The summed E-state index contributed by atoms with van der Waals surface area (Å²) in [7, 11) is 0. The predicted molar refractivity (Wildman–Crippen MR) is 74.7 cm³/mol. The van der Waals surface area contributed by atoms with Gasteiger partial charge in [-0.15, -0.1) is 0 Å². The normalized spacial score (nSPS) is 16.6. The molecule has 3 rings (SSSR count). The van der Waals surface area contributed by atoms with Crippen LogP contribution in [0.4, 0.5) is 0 Å². The van der Waals surface area contributed by atoms with E-state index in [-0.39, 0.29) is 18.2 Å². The second kappa shape index (κ2) is 4.93. The molecule has 0 saturated carbocycles. The molecule has 0 radical (unpaired) electrons. The largest absolute Gasteiger partial charge is 0.453 e. The molecule has 3 heteroatoms. The minimum absolute atomic E-state index is 0.0109. The van der Waals surface area contributed by atoms with E-state index in [1.54, 1.807) is 18.2 Å². The lowest BCUT2D eigenvalue weighted by atomic mass is 9.98. The summed E-state index contributed by atoms with van der Waals surface area (Å²) >= 11 is 0. The maximum atomic E-state index is 12.3. The number of benzene rings is 2. The van der Waals surface area contributed by atoms with Gasteiger partial charge in [0, 0.05) is 11.1 Å². The number of aryl methyl sites for hydroxylation is 1. The number of fused-ring (bicyclic) bond motifs is 1. The van der Waals surface area contributed by atoms with Crippen molar-refractivity contribution in [3.63, 3.8) is 0 Å². The van der Waals surface area contributed by atoms with Crippen LogP contribution < -0.4 is 0 Å². The molecule has 1 aliphatic rings. The van der Waals surface area contributed by atoms with Crippen LogP contribution in [0.25, 0.3) is 0 Å². The summed E-state index contributed by atoms with van der Waals surface area (Å²) in [6.45, 7) is 1.95. The van der Waals surface area contributed by atoms with Gasteiger partial charge in [0.15, 0.2) is 5.78 Å². The Balaban J connectivity index is 1.83. The highest BCUT2D eigenvalue weighted by molar-refractivity contribution is 5.99. The van der Waals surface area contributed by atoms with Crippen LogP contribution in [0.2, 0.25) is 0 Å². The van der Waals surface area contributed by atoms with Gasteiger partial charge >= 0.3 is 5.97 Å². The number of esters is 1. The molecular weight excluding hydrogens is 252 g/mol. The maximum absolute atomic E-state index is 12.3. The average molecular weight is 266 g/mol. The quantitative estimate of drug-likeness (QED) is 0.631. The van der Waals surface area contributed by atoms with E-state index in [1.165, 1.54) is 0 Å². The molecule has 100 valence electrons. The van der Waals surface area contributed by atoms with Crippen LogP contribution in [0.3, 0.4) is 0 Å². The first kappa shape index (κ1) is 12.6. The van der Waals surface area contributed by atoms with Crippen molar-refractivity contribution in [2.75, 3.05) is 0 Å². The highest BCUT2D eigenvalue weighted by Gasteiger charge is 2.32. The smallest absolute Gasteiger partial charge is 0.339 e. The van der Waals surface area contributed by atoms with E-state index in [0.717, 1.165) is 11.1 Å². The molecule has 0 saturated heterocycles. The lowest BCUT2D eigenvalue weighted by Gasteiger charge is -2.10. The third kappa shape index (κ3) is 2.23. The molecule has 1 atom stereocenters. The zero-order valence-electron chi connectivity index (χ0n) is 11.1. The molecule has 0 fully saturated rings. The van der Waals surface area contributed by atoms with E-state index in [0.29, 0.717) is 11.1 Å². The third-order valence-electron chi connectivity index (χ3n) is 3.49. The molecular formula is C17H14O3. The minimum atomic E-state index is -0.466. The highest BCUT2D eigenvalue weighted by atomic mass is 16.5. The molecule has 0 aromatic heterocycles. The average Bonchev–Trinajstić information content (AvgIpc) is 2.76. The van der Waals surface area contributed by atoms with Crippen molar-refractivity contribution in [1.82, 2.24) is 0 Å². The van der Waals surface area contributed by atoms with Crippen LogP contribution in [-0.4, -0.2) is 11.8 Å². The molecule has 2 aromatic carbocycles. The summed E-state index contributed by atoms with van der Waals surface area (Å²) in [5.74, 6) is -0.356. The third-order valence-corrected chi connectivity index (χ3v) is 3.49. The molecule has 3 nitrogen and oxygen atoms in total. The minimum Gasteiger partial charge on any atom is -0.453 e. The zero-order chi connectivity index (χ0) is 14.1. The van der Waals surface area contributed by atoms with Gasteiger partial charge in [-0.2, -0.15) is 0 Å². The Morgan fingerprint density at radius 2 is 1.95 bits per heavy atom. The summed E-state index contributed by atoms with van der Waals surface area (Å²) in [6, 6.07) is 14.7. The van der Waals surface area contributed by atoms with Gasteiger partial charge < -0.3 is 4.74 Å². The predicted octanol–water partition coefficient (Wildman–Crippen LogP) is 3.48. The Labute approximate surface area is 117 Å².